The van der Waals surface area contributed by atoms with Gasteiger partial charge in [-0.2, -0.15) is 0 Å². The van der Waals surface area contributed by atoms with Gasteiger partial charge < -0.3 is 10.1 Å². The number of halogens is 1. The molecule has 0 spiro atoms. The van der Waals surface area contributed by atoms with Crippen LogP contribution in [0.25, 0.3) is 12.2 Å². The van der Waals surface area contributed by atoms with Crippen molar-refractivity contribution in [3.05, 3.63) is 65.2 Å². The molecule has 0 heterocycles. The summed E-state index contributed by atoms with van der Waals surface area (Å²) >= 11 is 0. The Bertz CT molecular complexity index is 605. The molecule has 0 saturated heterocycles. The van der Waals surface area contributed by atoms with E-state index in [0.717, 1.165) is 22.4 Å². The fraction of sp³-hybridized carbons (Fsp3) is 0.300. The predicted octanol–water partition coefficient (Wildman–Crippen LogP) is 5.34. The topological polar surface area (TPSA) is 21.3 Å². The SMILES string of the molecule is CNc1ccc(/C=C/c2ccc(C(C)OCCCF)cc2)cc1. The van der Waals surface area contributed by atoms with Crippen LogP contribution in [-0.2, 0) is 4.74 Å². The highest BCUT2D eigenvalue weighted by molar-refractivity contribution is 5.70. The van der Waals surface area contributed by atoms with Crippen molar-refractivity contribution in [2.24, 2.45) is 0 Å². The molecule has 1 N–H and O–H groups in total. The number of ether oxygens (including phenoxy) is 1. The Balaban J connectivity index is 1.94. The number of anilines is 1. The van der Waals surface area contributed by atoms with E-state index in [0.29, 0.717) is 13.0 Å². The first kappa shape index (κ1) is 17.2. The summed E-state index contributed by atoms with van der Waals surface area (Å²) in [5.41, 5.74) is 4.52. The largest absolute Gasteiger partial charge is 0.388 e. The van der Waals surface area contributed by atoms with Crippen LogP contribution in [0.15, 0.2) is 48.5 Å². The maximum Gasteiger partial charge on any atom is 0.0916 e. The lowest BCUT2D eigenvalue weighted by atomic mass is 10.1. The quantitative estimate of drug-likeness (QED) is 0.525. The van der Waals surface area contributed by atoms with Crippen LogP contribution in [0.2, 0.25) is 0 Å². The number of nitrogens with one attached hydrogen (secondary N) is 1. The number of hydrogen-bond acceptors (Lipinski definition) is 2. The minimum atomic E-state index is -0.328. The van der Waals surface area contributed by atoms with Gasteiger partial charge in [-0.05, 0) is 42.2 Å². The molecule has 2 aromatic rings. The molecule has 0 amide bonds. The third-order valence-corrected chi connectivity index (χ3v) is 3.72. The van der Waals surface area contributed by atoms with Crippen molar-refractivity contribution in [2.45, 2.75) is 19.4 Å². The van der Waals surface area contributed by atoms with Crippen LogP contribution in [0.1, 0.15) is 36.1 Å². The Morgan fingerprint density at radius 3 is 2.09 bits per heavy atom. The maximum absolute atomic E-state index is 12.1. The minimum Gasteiger partial charge on any atom is -0.388 e. The second-order valence-corrected chi connectivity index (χ2v) is 5.43. The summed E-state index contributed by atoms with van der Waals surface area (Å²) in [7, 11) is 1.91. The lowest BCUT2D eigenvalue weighted by Crippen LogP contribution is -2.02. The average molecular weight is 313 g/mol. The predicted molar refractivity (Wildman–Crippen MR) is 96.3 cm³/mol. The minimum absolute atomic E-state index is 0.00586. The van der Waals surface area contributed by atoms with E-state index in [-0.39, 0.29) is 12.8 Å². The smallest absolute Gasteiger partial charge is 0.0916 e. The molecule has 0 fully saturated rings. The standard InChI is InChI=1S/C20H24FNO/c1-16(23-15-3-14-21)19-10-6-17(7-11-19)4-5-18-8-12-20(22-2)13-9-18/h4-13,16,22H,3,14-15H2,1-2H3/b5-4+. The summed E-state index contributed by atoms with van der Waals surface area (Å²) in [5, 5.41) is 3.11. The van der Waals surface area contributed by atoms with Gasteiger partial charge in [0, 0.05) is 19.3 Å². The Hall–Kier alpha value is -2.13. The van der Waals surface area contributed by atoms with Gasteiger partial charge in [0.2, 0.25) is 0 Å². The van der Waals surface area contributed by atoms with Crippen LogP contribution in [0.3, 0.4) is 0 Å². The van der Waals surface area contributed by atoms with E-state index in [4.69, 9.17) is 4.74 Å². The van der Waals surface area contributed by atoms with E-state index >= 15 is 0 Å². The fourth-order valence-electron chi connectivity index (χ4n) is 2.24. The average Bonchev–Trinajstić information content (AvgIpc) is 2.61. The van der Waals surface area contributed by atoms with Gasteiger partial charge in [-0.25, -0.2) is 0 Å². The molecule has 0 radical (unpaired) electrons. The van der Waals surface area contributed by atoms with Gasteiger partial charge in [-0.3, -0.25) is 4.39 Å². The van der Waals surface area contributed by atoms with Gasteiger partial charge >= 0.3 is 0 Å². The van der Waals surface area contributed by atoms with Crippen LogP contribution >= 0.6 is 0 Å². The molecule has 2 rings (SSSR count). The molecule has 122 valence electrons. The number of benzene rings is 2. The lowest BCUT2D eigenvalue weighted by molar-refractivity contribution is 0.0608. The molecule has 1 unspecified atom stereocenters. The molecular formula is C20H24FNO. The number of rotatable bonds is 8. The molecule has 23 heavy (non-hydrogen) atoms. The van der Waals surface area contributed by atoms with Crippen molar-refractivity contribution in [3.8, 4) is 0 Å². The van der Waals surface area contributed by atoms with Crippen LogP contribution in [0.5, 0.6) is 0 Å². The van der Waals surface area contributed by atoms with Gasteiger partial charge in [-0.15, -0.1) is 0 Å². The zero-order chi connectivity index (χ0) is 16.5. The lowest BCUT2D eigenvalue weighted by Gasteiger charge is -2.13. The molecule has 0 aliphatic carbocycles. The van der Waals surface area contributed by atoms with Gasteiger partial charge in [-0.1, -0.05) is 48.6 Å². The highest BCUT2D eigenvalue weighted by atomic mass is 19.1. The van der Waals surface area contributed by atoms with E-state index in [2.05, 4.69) is 66.0 Å². The zero-order valence-corrected chi connectivity index (χ0v) is 13.8. The first-order valence-electron chi connectivity index (χ1n) is 7.96. The van der Waals surface area contributed by atoms with E-state index in [1.165, 1.54) is 0 Å². The Kier molecular flexibility index (Phi) is 6.82. The highest BCUT2D eigenvalue weighted by Crippen LogP contribution is 2.19. The maximum atomic E-state index is 12.1. The molecule has 2 aromatic carbocycles. The summed E-state index contributed by atoms with van der Waals surface area (Å²) < 4.78 is 17.7. The van der Waals surface area contributed by atoms with Gasteiger partial charge in [0.1, 0.15) is 0 Å². The second-order valence-electron chi connectivity index (χ2n) is 5.43. The molecule has 2 nitrogen and oxygen atoms in total. The monoisotopic (exact) mass is 313 g/mol. The van der Waals surface area contributed by atoms with Crippen molar-refractivity contribution in [1.29, 1.82) is 0 Å². The number of alkyl halides is 1. The Morgan fingerprint density at radius 2 is 1.57 bits per heavy atom. The molecule has 0 bridgehead atoms. The zero-order valence-electron chi connectivity index (χ0n) is 13.8. The summed E-state index contributed by atoms with van der Waals surface area (Å²) in [6.07, 6.45) is 4.63. The van der Waals surface area contributed by atoms with E-state index in [1.807, 2.05) is 14.0 Å². The fourth-order valence-corrected chi connectivity index (χ4v) is 2.24. The third-order valence-electron chi connectivity index (χ3n) is 3.72. The van der Waals surface area contributed by atoms with Gasteiger partial charge in [0.15, 0.2) is 0 Å². The molecule has 0 aromatic heterocycles. The number of hydrogen-bond donors (Lipinski definition) is 1. The van der Waals surface area contributed by atoms with E-state index in [1.54, 1.807) is 0 Å². The molecule has 0 aliphatic rings. The van der Waals surface area contributed by atoms with Crippen molar-refractivity contribution >= 4 is 17.8 Å². The molecule has 0 aliphatic heterocycles. The molecule has 1 atom stereocenters. The Labute approximate surface area is 138 Å². The van der Waals surface area contributed by atoms with Gasteiger partial charge in [0.05, 0.1) is 12.8 Å². The molecular weight excluding hydrogens is 289 g/mol. The summed E-state index contributed by atoms with van der Waals surface area (Å²) in [6, 6.07) is 16.5. The van der Waals surface area contributed by atoms with Gasteiger partial charge in [0.25, 0.3) is 0 Å². The second kappa shape index (κ2) is 9.11. The van der Waals surface area contributed by atoms with Crippen LogP contribution < -0.4 is 5.32 Å². The highest BCUT2D eigenvalue weighted by Gasteiger charge is 2.04. The summed E-state index contributed by atoms with van der Waals surface area (Å²) in [6.45, 7) is 2.13. The van der Waals surface area contributed by atoms with E-state index in [9.17, 15) is 4.39 Å². The van der Waals surface area contributed by atoms with Crippen LogP contribution in [0.4, 0.5) is 10.1 Å². The van der Waals surface area contributed by atoms with E-state index < -0.39 is 0 Å². The van der Waals surface area contributed by atoms with Crippen LogP contribution in [0, 0.1) is 0 Å². The summed E-state index contributed by atoms with van der Waals surface area (Å²) in [4.78, 5) is 0. The Morgan fingerprint density at radius 1 is 1.00 bits per heavy atom. The molecule has 3 heteroatoms. The molecule has 0 saturated carbocycles. The van der Waals surface area contributed by atoms with Crippen molar-refractivity contribution < 1.29 is 9.13 Å². The normalized spacial score (nSPS) is 12.5. The van der Waals surface area contributed by atoms with Crippen molar-refractivity contribution in [1.82, 2.24) is 0 Å². The van der Waals surface area contributed by atoms with Crippen molar-refractivity contribution in [2.75, 3.05) is 25.6 Å². The first-order chi connectivity index (χ1) is 11.2. The summed E-state index contributed by atoms with van der Waals surface area (Å²) in [5.74, 6) is 0. The van der Waals surface area contributed by atoms with Crippen molar-refractivity contribution in [3.63, 3.8) is 0 Å². The van der Waals surface area contributed by atoms with Crippen LogP contribution in [-0.4, -0.2) is 20.3 Å². The third kappa shape index (κ3) is 5.53. The first-order valence-corrected chi connectivity index (χ1v) is 7.96.